The molecule has 1 aromatic rings. The van der Waals surface area contributed by atoms with Gasteiger partial charge in [0.15, 0.2) is 0 Å². The first-order valence-corrected chi connectivity index (χ1v) is 9.16. The largest absolute Gasteiger partial charge is 0.350 e. The summed E-state index contributed by atoms with van der Waals surface area (Å²) in [5.74, 6) is 0.388. The summed E-state index contributed by atoms with van der Waals surface area (Å²) < 4.78 is 26.7. The third-order valence-electron chi connectivity index (χ3n) is 3.92. The number of carbonyl (C=O) groups excluding carboxylic acids is 1. The average molecular weight is 324 g/mol. The van der Waals surface area contributed by atoms with Crippen LogP contribution >= 0.6 is 0 Å². The van der Waals surface area contributed by atoms with Gasteiger partial charge in [-0.1, -0.05) is 6.92 Å². The van der Waals surface area contributed by atoms with E-state index >= 15 is 0 Å². The third kappa shape index (κ3) is 3.87. The topological polar surface area (TPSA) is 66.5 Å². The standard InChI is InChI=1S/C16H24N2O3S/c1-12(2)17-16(19)14-4-6-15(7-5-14)22(20,21)18-10-8-13(3)9-11-18/h4-7,12-13H,8-11H2,1-3H3,(H,17,19). The maximum atomic E-state index is 12.6. The first-order chi connectivity index (χ1) is 10.3. The minimum atomic E-state index is -3.45. The van der Waals surface area contributed by atoms with Gasteiger partial charge in [-0.3, -0.25) is 4.79 Å². The number of nitrogens with zero attached hydrogens (tertiary/aromatic N) is 1. The second-order valence-corrected chi connectivity index (χ2v) is 8.18. The van der Waals surface area contributed by atoms with E-state index in [1.165, 1.54) is 16.4 Å². The van der Waals surface area contributed by atoms with Crippen LogP contribution in [0.4, 0.5) is 0 Å². The lowest BCUT2D eigenvalue weighted by Gasteiger charge is -2.29. The Morgan fingerprint density at radius 2 is 1.73 bits per heavy atom. The lowest BCUT2D eigenvalue weighted by molar-refractivity contribution is 0.0943. The maximum absolute atomic E-state index is 12.6. The Hall–Kier alpha value is -1.40. The highest BCUT2D eigenvalue weighted by Crippen LogP contribution is 2.23. The lowest BCUT2D eigenvalue weighted by atomic mass is 10.0. The normalized spacial score (nSPS) is 17.6. The number of benzene rings is 1. The molecule has 5 nitrogen and oxygen atoms in total. The molecule has 1 aliphatic rings. The molecule has 0 unspecified atom stereocenters. The van der Waals surface area contributed by atoms with Crippen molar-refractivity contribution >= 4 is 15.9 Å². The van der Waals surface area contributed by atoms with Crippen LogP contribution in [0, 0.1) is 5.92 Å². The number of carbonyl (C=O) groups is 1. The van der Waals surface area contributed by atoms with Crippen molar-refractivity contribution in [2.75, 3.05) is 13.1 Å². The number of nitrogens with one attached hydrogen (secondary N) is 1. The van der Waals surface area contributed by atoms with Crippen LogP contribution in [0.1, 0.15) is 44.0 Å². The van der Waals surface area contributed by atoms with Crippen LogP contribution in [0.5, 0.6) is 0 Å². The Balaban J connectivity index is 2.14. The fourth-order valence-corrected chi connectivity index (χ4v) is 3.97. The second kappa shape index (κ2) is 6.79. The second-order valence-electron chi connectivity index (χ2n) is 6.24. The Morgan fingerprint density at radius 1 is 1.18 bits per heavy atom. The number of piperidine rings is 1. The van der Waals surface area contributed by atoms with Crippen molar-refractivity contribution in [3.05, 3.63) is 29.8 Å². The van der Waals surface area contributed by atoms with Gasteiger partial charge in [0.25, 0.3) is 5.91 Å². The summed E-state index contributed by atoms with van der Waals surface area (Å²) in [4.78, 5) is 12.1. The number of hydrogen-bond donors (Lipinski definition) is 1. The van der Waals surface area contributed by atoms with Gasteiger partial charge in [0.2, 0.25) is 10.0 Å². The summed E-state index contributed by atoms with van der Waals surface area (Å²) in [5, 5.41) is 2.79. The van der Waals surface area contributed by atoms with E-state index < -0.39 is 10.0 Å². The van der Waals surface area contributed by atoms with Gasteiger partial charge in [-0.25, -0.2) is 8.42 Å². The molecule has 122 valence electrons. The number of rotatable bonds is 4. The van der Waals surface area contributed by atoms with Gasteiger partial charge in [-0.05, 0) is 56.9 Å². The predicted octanol–water partition coefficient (Wildman–Crippen LogP) is 2.25. The van der Waals surface area contributed by atoms with Crippen molar-refractivity contribution in [2.24, 2.45) is 5.92 Å². The molecule has 0 saturated carbocycles. The van der Waals surface area contributed by atoms with Crippen LogP contribution in [0.2, 0.25) is 0 Å². The van der Waals surface area contributed by atoms with Crippen molar-refractivity contribution in [1.82, 2.24) is 9.62 Å². The molecular formula is C16H24N2O3S. The van der Waals surface area contributed by atoms with Gasteiger partial charge in [0.1, 0.15) is 0 Å². The summed E-state index contributed by atoms with van der Waals surface area (Å²) in [6.07, 6.45) is 1.79. The van der Waals surface area contributed by atoms with Gasteiger partial charge in [-0.15, -0.1) is 0 Å². The number of hydrogen-bond acceptors (Lipinski definition) is 3. The van der Waals surface area contributed by atoms with Gasteiger partial charge >= 0.3 is 0 Å². The van der Waals surface area contributed by atoms with Crippen molar-refractivity contribution in [3.63, 3.8) is 0 Å². The highest BCUT2D eigenvalue weighted by molar-refractivity contribution is 7.89. The average Bonchev–Trinajstić information content (AvgIpc) is 2.47. The molecule has 1 saturated heterocycles. The van der Waals surface area contributed by atoms with Crippen molar-refractivity contribution in [2.45, 2.75) is 44.6 Å². The third-order valence-corrected chi connectivity index (χ3v) is 5.83. The van der Waals surface area contributed by atoms with Crippen molar-refractivity contribution in [1.29, 1.82) is 0 Å². The first-order valence-electron chi connectivity index (χ1n) is 7.72. The lowest BCUT2D eigenvalue weighted by Crippen LogP contribution is -2.37. The zero-order chi connectivity index (χ0) is 16.3. The Kier molecular flexibility index (Phi) is 5.24. The van der Waals surface area contributed by atoms with E-state index in [-0.39, 0.29) is 16.8 Å². The Bertz CT molecular complexity index is 615. The molecule has 2 rings (SSSR count). The molecule has 1 heterocycles. The van der Waals surface area contributed by atoms with E-state index in [2.05, 4.69) is 12.2 Å². The molecule has 0 aliphatic carbocycles. The minimum absolute atomic E-state index is 0.0475. The first kappa shape index (κ1) is 17.0. The molecule has 1 aromatic carbocycles. The van der Waals surface area contributed by atoms with Gasteiger partial charge < -0.3 is 5.32 Å². The molecule has 0 spiro atoms. The van der Waals surface area contributed by atoms with Crippen LogP contribution in [-0.4, -0.2) is 37.8 Å². The summed E-state index contributed by atoms with van der Waals surface area (Å²) in [7, 11) is -3.45. The van der Waals surface area contributed by atoms with E-state index in [1.54, 1.807) is 12.1 Å². The number of sulfonamides is 1. The molecule has 0 aromatic heterocycles. The zero-order valence-corrected chi connectivity index (χ0v) is 14.2. The van der Waals surface area contributed by atoms with Gasteiger partial charge in [0.05, 0.1) is 4.90 Å². The van der Waals surface area contributed by atoms with Crippen LogP contribution in [0.3, 0.4) is 0 Å². The molecule has 1 N–H and O–H groups in total. The minimum Gasteiger partial charge on any atom is -0.350 e. The molecular weight excluding hydrogens is 300 g/mol. The highest BCUT2D eigenvalue weighted by atomic mass is 32.2. The van der Waals surface area contributed by atoms with Crippen LogP contribution in [0.15, 0.2) is 29.2 Å². The van der Waals surface area contributed by atoms with Crippen molar-refractivity contribution < 1.29 is 13.2 Å². The van der Waals surface area contributed by atoms with E-state index in [9.17, 15) is 13.2 Å². The fraction of sp³-hybridized carbons (Fsp3) is 0.562. The van der Waals surface area contributed by atoms with Crippen molar-refractivity contribution in [3.8, 4) is 0 Å². The quantitative estimate of drug-likeness (QED) is 0.924. The van der Waals surface area contributed by atoms with E-state index in [4.69, 9.17) is 0 Å². The van der Waals surface area contributed by atoms with Gasteiger partial charge in [0, 0.05) is 24.7 Å². The number of amides is 1. The monoisotopic (exact) mass is 324 g/mol. The predicted molar refractivity (Wildman–Crippen MR) is 86.2 cm³/mol. The summed E-state index contributed by atoms with van der Waals surface area (Å²) >= 11 is 0. The van der Waals surface area contributed by atoms with Gasteiger partial charge in [-0.2, -0.15) is 4.31 Å². The summed E-state index contributed by atoms with van der Waals surface area (Å²) in [6, 6.07) is 6.21. The summed E-state index contributed by atoms with van der Waals surface area (Å²) in [5.41, 5.74) is 0.472. The van der Waals surface area contributed by atoms with E-state index in [1.807, 2.05) is 13.8 Å². The Morgan fingerprint density at radius 3 is 2.23 bits per heavy atom. The fourth-order valence-electron chi connectivity index (χ4n) is 2.50. The van der Waals surface area contributed by atoms with E-state index in [0.717, 1.165) is 12.8 Å². The maximum Gasteiger partial charge on any atom is 0.251 e. The SMILES string of the molecule is CC1CCN(S(=O)(=O)c2ccc(C(=O)NC(C)C)cc2)CC1. The van der Waals surface area contributed by atoms with E-state index in [0.29, 0.717) is 24.6 Å². The Labute approximate surface area is 132 Å². The molecule has 0 atom stereocenters. The molecule has 1 amide bonds. The molecule has 1 aliphatic heterocycles. The molecule has 1 fully saturated rings. The summed E-state index contributed by atoms with van der Waals surface area (Å²) in [6.45, 7) is 7.05. The van der Waals surface area contributed by atoms with Crippen LogP contribution in [0.25, 0.3) is 0 Å². The molecule has 0 bridgehead atoms. The van der Waals surface area contributed by atoms with Crippen LogP contribution < -0.4 is 5.32 Å². The van der Waals surface area contributed by atoms with Crippen LogP contribution in [-0.2, 0) is 10.0 Å². The molecule has 0 radical (unpaired) electrons. The smallest absolute Gasteiger partial charge is 0.251 e. The molecule has 22 heavy (non-hydrogen) atoms. The zero-order valence-electron chi connectivity index (χ0n) is 13.4. The molecule has 6 heteroatoms. The highest BCUT2D eigenvalue weighted by Gasteiger charge is 2.28.